The second-order valence-electron chi connectivity index (χ2n) is 6.28. The summed E-state index contributed by atoms with van der Waals surface area (Å²) in [7, 11) is 5.74. The Morgan fingerprint density at radius 3 is 2.48 bits per heavy atom. The summed E-state index contributed by atoms with van der Waals surface area (Å²) in [6, 6.07) is 0. The van der Waals surface area contributed by atoms with Gasteiger partial charge in [-0.3, -0.25) is 4.79 Å². The fourth-order valence-corrected chi connectivity index (χ4v) is 1.57. The van der Waals surface area contributed by atoms with Gasteiger partial charge in [0.05, 0.1) is 11.9 Å². The molecule has 6 nitrogen and oxygen atoms in total. The summed E-state index contributed by atoms with van der Waals surface area (Å²) in [5, 5.41) is 5.92. The van der Waals surface area contributed by atoms with Crippen LogP contribution in [0.5, 0.6) is 0 Å². The number of aromatic nitrogens is 2. The van der Waals surface area contributed by atoms with E-state index in [1.54, 1.807) is 13.2 Å². The summed E-state index contributed by atoms with van der Waals surface area (Å²) in [5.74, 6) is 0.672. The monoisotopic (exact) mass is 293 g/mol. The predicted octanol–water partition coefficient (Wildman–Crippen LogP) is 1.71. The van der Waals surface area contributed by atoms with E-state index in [9.17, 15) is 4.79 Å². The van der Waals surface area contributed by atoms with E-state index < -0.39 is 0 Å². The molecule has 0 spiro atoms. The Labute approximate surface area is 127 Å². The summed E-state index contributed by atoms with van der Waals surface area (Å²) < 4.78 is 0. The fraction of sp³-hybridized carbons (Fsp3) is 0.667. The molecule has 0 aromatic carbocycles. The molecule has 1 amide bonds. The van der Waals surface area contributed by atoms with E-state index in [0.717, 1.165) is 0 Å². The van der Waals surface area contributed by atoms with Crippen molar-refractivity contribution in [3.8, 4) is 0 Å². The van der Waals surface area contributed by atoms with Crippen LogP contribution in [0.4, 0.5) is 5.69 Å². The van der Waals surface area contributed by atoms with Crippen LogP contribution in [-0.2, 0) is 0 Å². The maximum absolute atomic E-state index is 12.4. The molecule has 1 aromatic heterocycles. The van der Waals surface area contributed by atoms with Crippen LogP contribution in [0.2, 0.25) is 0 Å². The molecular weight excluding hydrogens is 266 g/mol. The molecule has 0 aliphatic heterocycles. The molecule has 0 unspecified atom stereocenters. The molecule has 0 atom stereocenters. The summed E-state index contributed by atoms with van der Waals surface area (Å²) in [5.41, 5.74) is 0.911. The normalized spacial score (nSPS) is 11.9. The minimum Gasteiger partial charge on any atom is -0.385 e. The highest BCUT2D eigenvalue weighted by Gasteiger charge is 2.23. The van der Waals surface area contributed by atoms with Crippen molar-refractivity contribution in [1.82, 2.24) is 20.2 Å². The maximum Gasteiger partial charge on any atom is 0.272 e. The molecule has 6 heteroatoms. The van der Waals surface area contributed by atoms with Gasteiger partial charge in [-0.05, 0) is 27.9 Å². The van der Waals surface area contributed by atoms with Gasteiger partial charge in [0.1, 0.15) is 5.82 Å². The van der Waals surface area contributed by atoms with Crippen molar-refractivity contribution in [2.24, 2.45) is 0 Å². The highest BCUT2D eigenvalue weighted by atomic mass is 16.1. The number of hydrogen-bond acceptors (Lipinski definition) is 5. The van der Waals surface area contributed by atoms with Crippen molar-refractivity contribution in [1.29, 1.82) is 0 Å². The first-order valence-electron chi connectivity index (χ1n) is 7.19. The van der Waals surface area contributed by atoms with E-state index in [4.69, 9.17) is 0 Å². The first kappa shape index (κ1) is 17.4. The number of rotatable bonds is 6. The lowest BCUT2D eigenvalue weighted by molar-refractivity contribution is 0.0915. The molecule has 1 aromatic rings. The van der Waals surface area contributed by atoms with E-state index in [1.165, 1.54) is 0 Å². The number of nitrogens with one attached hydrogen (secondary N) is 2. The lowest BCUT2D eigenvalue weighted by Crippen LogP contribution is -2.48. The van der Waals surface area contributed by atoms with Gasteiger partial charge in [0.25, 0.3) is 5.91 Å². The van der Waals surface area contributed by atoms with Crippen molar-refractivity contribution in [3.63, 3.8) is 0 Å². The van der Waals surface area contributed by atoms with Crippen LogP contribution >= 0.6 is 0 Å². The van der Waals surface area contributed by atoms with Gasteiger partial charge in [-0.15, -0.1) is 0 Å². The summed E-state index contributed by atoms with van der Waals surface area (Å²) in [6.07, 6.45) is 1.66. The zero-order chi connectivity index (χ0) is 16.2. The predicted molar refractivity (Wildman–Crippen MR) is 85.8 cm³/mol. The van der Waals surface area contributed by atoms with Crippen LogP contribution in [0.1, 0.15) is 49.9 Å². The molecule has 0 fully saturated rings. The Hall–Kier alpha value is -1.69. The van der Waals surface area contributed by atoms with Crippen LogP contribution in [0, 0.1) is 0 Å². The van der Waals surface area contributed by atoms with E-state index in [2.05, 4.69) is 39.3 Å². The number of carbonyl (C=O) groups is 1. The Kier molecular flexibility index (Phi) is 5.66. The van der Waals surface area contributed by atoms with Gasteiger partial charge in [0.15, 0.2) is 5.69 Å². The van der Waals surface area contributed by atoms with Crippen molar-refractivity contribution < 1.29 is 4.79 Å². The number of carbonyl (C=O) groups excluding carboxylic acids is 1. The van der Waals surface area contributed by atoms with Gasteiger partial charge >= 0.3 is 0 Å². The molecule has 0 radical (unpaired) electrons. The zero-order valence-electron chi connectivity index (χ0n) is 14.1. The second-order valence-corrected chi connectivity index (χ2v) is 6.28. The Morgan fingerprint density at radius 2 is 2.00 bits per heavy atom. The largest absolute Gasteiger partial charge is 0.385 e. The van der Waals surface area contributed by atoms with E-state index in [0.29, 0.717) is 23.8 Å². The molecule has 2 N–H and O–H groups in total. The topological polar surface area (TPSA) is 70.1 Å². The zero-order valence-corrected chi connectivity index (χ0v) is 14.1. The van der Waals surface area contributed by atoms with Gasteiger partial charge in [0.2, 0.25) is 0 Å². The number of hydrogen-bond donors (Lipinski definition) is 2. The van der Waals surface area contributed by atoms with Crippen LogP contribution in [-0.4, -0.2) is 54.0 Å². The van der Waals surface area contributed by atoms with Gasteiger partial charge in [0, 0.05) is 25.0 Å². The van der Waals surface area contributed by atoms with Crippen molar-refractivity contribution >= 4 is 11.6 Å². The number of nitrogens with zero attached hydrogens (tertiary/aromatic N) is 3. The van der Waals surface area contributed by atoms with Crippen LogP contribution in [0.25, 0.3) is 0 Å². The molecule has 21 heavy (non-hydrogen) atoms. The van der Waals surface area contributed by atoms with Gasteiger partial charge in [-0.1, -0.05) is 13.8 Å². The smallest absolute Gasteiger partial charge is 0.272 e. The molecule has 1 heterocycles. The average molecular weight is 293 g/mol. The first-order chi connectivity index (χ1) is 9.69. The summed E-state index contributed by atoms with van der Waals surface area (Å²) in [4.78, 5) is 23.1. The average Bonchev–Trinajstić information content (AvgIpc) is 2.43. The van der Waals surface area contributed by atoms with E-state index in [1.807, 2.05) is 27.9 Å². The van der Waals surface area contributed by atoms with Gasteiger partial charge in [-0.2, -0.15) is 0 Å². The quantitative estimate of drug-likeness (QED) is 0.835. The van der Waals surface area contributed by atoms with Crippen molar-refractivity contribution in [2.75, 3.05) is 33.0 Å². The number of amides is 1. The standard InChI is InChI=1S/C15H27N5O/c1-10(2)13-17-8-11(16-5)12(19-13)14(21)18-9-15(3,4)20(6)7/h8,10,16H,9H2,1-7H3,(H,18,21). The van der Waals surface area contributed by atoms with Crippen LogP contribution in [0.3, 0.4) is 0 Å². The molecule has 0 saturated carbocycles. The van der Waals surface area contributed by atoms with Crippen molar-refractivity contribution in [3.05, 3.63) is 17.7 Å². The lowest BCUT2D eigenvalue weighted by Gasteiger charge is -2.32. The minimum atomic E-state index is -0.182. The Bertz CT molecular complexity index is 497. The Morgan fingerprint density at radius 1 is 1.38 bits per heavy atom. The molecule has 0 aliphatic rings. The Balaban J connectivity index is 2.93. The third-order valence-electron chi connectivity index (χ3n) is 3.70. The maximum atomic E-state index is 12.4. The SMILES string of the molecule is CNc1cnc(C(C)C)nc1C(=O)NCC(C)(C)N(C)C. The summed E-state index contributed by atoms with van der Waals surface area (Å²) >= 11 is 0. The van der Waals surface area contributed by atoms with Crippen LogP contribution < -0.4 is 10.6 Å². The minimum absolute atomic E-state index is 0.122. The highest BCUT2D eigenvalue weighted by molar-refractivity contribution is 5.97. The molecule has 0 bridgehead atoms. The first-order valence-corrected chi connectivity index (χ1v) is 7.19. The molecular formula is C15H27N5O. The highest BCUT2D eigenvalue weighted by Crippen LogP contribution is 2.16. The fourth-order valence-electron chi connectivity index (χ4n) is 1.57. The molecule has 0 saturated heterocycles. The van der Waals surface area contributed by atoms with Crippen LogP contribution in [0.15, 0.2) is 6.20 Å². The number of anilines is 1. The second kappa shape index (κ2) is 6.85. The third-order valence-corrected chi connectivity index (χ3v) is 3.70. The lowest BCUT2D eigenvalue weighted by atomic mass is 10.0. The van der Waals surface area contributed by atoms with Gasteiger partial charge < -0.3 is 15.5 Å². The van der Waals surface area contributed by atoms with E-state index in [-0.39, 0.29) is 17.4 Å². The van der Waals surface area contributed by atoms with Crippen molar-refractivity contribution in [2.45, 2.75) is 39.2 Å². The molecule has 0 aliphatic carbocycles. The molecule has 118 valence electrons. The number of likely N-dealkylation sites (N-methyl/N-ethyl adjacent to an activating group) is 1. The van der Waals surface area contributed by atoms with Gasteiger partial charge in [-0.25, -0.2) is 9.97 Å². The van der Waals surface area contributed by atoms with E-state index >= 15 is 0 Å². The summed E-state index contributed by atoms with van der Waals surface area (Å²) in [6.45, 7) is 8.71. The third kappa shape index (κ3) is 4.39. The molecule has 1 rings (SSSR count).